The van der Waals surface area contributed by atoms with E-state index >= 15 is 0 Å². The average molecular weight is 222 g/mol. The predicted octanol–water partition coefficient (Wildman–Crippen LogP) is -0.244. The molecule has 1 aliphatic rings. The summed E-state index contributed by atoms with van der Waals surface area (Å²) in [5.74, 6) is 0. The Hall–Kier alpha value is -0.923. The maximum atomic E-state index is 12.3. The number of hydrogen-bond donors (Lipinski definition) is 1. The molecule has 0 saturated carbocycles. The van der Waals surface area contributed by atoms with Crippen molar-refractivity contribution in [3.05, 3.63) is 35.9 Å². The summed E-state index contributed by atoms with van der Waals surface area (Å²) in [5, 5.41) is 3.31. The number of halogens is 3. The van der Waals surface area contributed by atoms with E-state index in [0.29, 0.717) is 0 Å². The Morgan fingerprint density at radius 1 is 1.25 bits per heavy atom. The van der Waals surface area contributed by atoms with Gasteiger partial charge in [-0.15, -0.1) is 0 Å². The van der Waals surface area contributed by atoms with Crippen molar-refractivity contribution in [2.45, 2.75) is 18.6 Å². The summed E-state index contributed by atoms with van der Waals surface area (Å²) in [6.07, 6.45) is -4.43. The van der Waals surface area contributed by atoms with Crippen molar-refractivity contribution in [2.75, 3.05) is 0 Å². The van der Waals surface area contributed by atoms with Gasteiger partial charge in [0.15, 0.2) is 0 Å². The van der Waals surface area contributed by atoms with Crippen molar-refractivity contribution in [2.24, 2.45) is 5.10 Å². The molecule has 0 fully saturated rings. The maximum Gasteiger partial charge on any atom is 1.00 e. The zero-order valence-corrected chi connectivity index (χ0v) is 8.75. The molecule has 0 aliphatic carbocycles. The smallest absolute Gasteiger partial charge is 1.00 e. The van der Waals surface area contributed by atoms with Crippen LogP contribution < -0.4 is 24.3 Å². The van der Waals surface area contributed by atoms with Gasteiger partial charge in [0.25, 0.3) is 0 Å². The molecule has 1 atom stereocenters. The Bertz CT molecular complexity index is 381. The van der Waals surface area contributed by atoms with E-state index in [1.54, 1.807) is 24.3 Å². The normalized spacial score (nSPS) is 19.7. The fourth-order valence-electron chi connectivity index (χ4n) is 1.50. The standard InChI is InChI=1S/C10H9F3N2.Li.H/c11-10(12,13)9-6-8(14-15-9)7-4-2-1-3-5-7;;/h1-5,8,14H,6H2;;/q;+1;-1. The van der Waals surface area contributed by atoms with Gasteiger partial charge < -0.3 is 6.85 Å². The van der Waals surface area contributed by atoms with E-state index in [4.69, 9.17) is 0 Å². The molecule has 1 aromatic rings. The Balaban J connectivity index is 0.00000128. The van der Waals surface area contributed by atoms with Crippen LogP contribution in [0, 0.1) is 0 Å². The van der Waals surface area contributed by atoms with E-state index in [1.807, 2.05) is 6.07 Å². The van der Waals surface area contributed by atoms with Gasteiger partial charge in [-0.3, -0.25) is 0 Å². The Morgan fingerprint density at radius 2 is 1.88 bits per heavy atom. The number of alkyl halides is 3. The first-order valence-electron chi connectivity index (χ1n) is 4.51. The molecule has 0 spiro atoms. The number of nitrogens with one attached hydrogen (secondary N) is 1. The molecule has 0 amide bonds. The predicted molar refractivity (Wildman–Crippen MR) is 51.5 cm³/mol. The minimum atomic E-state index is -4.32. The quantitative estimate of drug-likeness (QED) is 0.651. The van der Waals surface area contributed by atoms with E-state index < -0.39 is 11.9 Å². The van der Waals surface area contributed by atoms with Crippen molar-refractivity contribution in [1.29, 1.82) is 0 Å². The van der Waals surface area contributed by atoms with Crippen molar-refractivity contribution >= 4 is 5.71 Å². The fraction of sp³-hybridized carbons (Fsp3) is 0.300. The third-order valence-corrected chi connectivity index (χ3v) is 2.28. The molecule has 0 aromatic heterocycles. The van der Waals surface area contributed by atoms with Crippen molar-refractivity contribution in [3.8, 4) is 0 Å². The molecule has 6 heteroatoms. The summed E-state index contributed by atoms with van der Waals surface area (Å²) in [6, 6.07) is 8.62. The van der Waals surface area contributed by atoms with E-state index in [-0.39, 0.29) is 32.7 Å². The summed E-state index contributed by atoms with van der Waals surface area (Å²) in [7, 11) is 0. The van der Waals surface area contributed by atoms with Crippen molar-refractivity contribution in [1.82, 2.24) is 5.43 Å². The monoisotopic (exact) mass is 222 g/mol. The van der Waals surface area contributed by atoms with Gasteiger partial charge >= 0.3 is 25.0 Å². The third-order valence-electron chi connectivity index (χ3n) is 2.28. The molecule has 1 unspecified atom stereocenters. The zero-order chi connectivity index (χ0) is 10.9. The second-order valence-electron chi connectivity index (χ2n) is 3.35. The number of nitrogens with zero attached hydrogens (tertiary/aromatic N) is 1. The van der Waals surface area contributed by atoms with Crippen molar-refractivity contribution in [3.63, 3.8) is 0 Å². The van der Waals surface area contributed by atoms with Gasteiger partial charge in [-0.2, -0.15) is 18.3 Å². The zero-order valence-electron chi connectivity index (χ0n) is 9.75. The minimum Gasteiger partial charge on any atom is -1.00 e. The first kappa shape index (κ1) is 13.1. The molecule has 2 nitrogen and oxygen atoms in total. The molecule has 0 saturated heterocycles. The van der Waals surface area contributed by atoms with Crippen LogP contribution in [0.5, 0.6) is 0 Å². The molecule has 1 aliphatic heterocycles. The topological polar surface area (TPSA) is 24.4 Å². The first-order chi connectivity index (χ1) is 7.07. The Kier molecular flexibility index (Phi) is 4.06. The van der Waals surface area contributed by atoms with Crippen LogP contribution in [-0.4, -0.2) is 11.9 Å². The van der Waals surface area contributed by atoms with E-state index in [1.165, 1.54) is 0 Å². The van der Waals surface area contributed by atoms with Crippen LogP contribution in [0.1, 0.15) is 19.5 Å². The Morgan fingerprint density at radius 3 is 2.38 bits per heavy atom. The van der Waals surface area contributed by atoms with Gasteiger partial charge in [0.05, 0.1) is 6.04 Å². The molecule has 0 radical (unpaired) electrons. The van der Waals surface area contributed by atoms with Crippen LogP contribution in [0.3, 0.4) is 0 Å². The molecule has 1 aromatic carbocycles. The van der Waals surface area contributed by atoms with Crippen LogP contribution in [0.4, 0.5) is 13.2 Å². The molecule has 2 rings (SSSR count). The van der Waals surface area contributed by atoms with Gasteiger partial charge in [0, 0.05) is 6.42 Å². The number of hydrogen-bond acceptors (Lipinski definition) is 2. The summed E-state index contributed by atoms with van der Waals surface area (Å²) < 4.78 is 36.8. The fourth-order valence-corrected chi connectivity index (χ4v) is 1.50. The van der Waals surface area contributed by atoms with E-state index in [2.05, 4.69) is 10.5 Å². The van der Waals surface area contributed by atoms with Crippen molar-refractivity contribution < 1.29 is 33.5 Å². The third kappa shape index (κ3) is 2.81. The summed E-state index contributed by atoms with van der Waals surface area (Å²) in [5.41, 5.74) is 2.58. The molecule has 16 heavy (non-hydrogen) atoms. The molecule has 0 bridgehead atoms. The number of hydrazone groups is 1. The molecule has 1 N–H and O–H groups in total. The van der Waals surface area contributed by atoms with E-state index in [0.717, 1.165) is 5.56 Å². The first-order valence-corrected chi connectivity index (χ1v) is 4.51. The van der Waals surface area contributed by atoms with Gasteiger partial charge in [-0.25, -0.2) is 0 Å². The summed E-state index contributed by atoms with van der Waals surface area (Å²) >= 11 is 0. The second-order valence-corrected chi connectivity index (χ2v) is 3.35. The van der Waals surface area contributed by atoms with Gasteiger partial charge in [-0.05, 0) is 5.56 Å². The molecule has 1 heterocycles. The van der Waals surface area contributed by atoms with Crippen LogP contribution >= 0.6 is 0 Å². The molecule has 82 valence electrons. The summed E-state index contributed by atoms with van der Waals surface area (Å²) in [4.78, 5) is 0. The van der Waals surface area contributed by atoms with Crippen LogP contribution in [0.15, 0.2) is 35.4 Å². The SMILES string of the molecule is FC(F)(F)C1=NNC(c2ccccc2)C1.[H-].[Li+]. The van der Waals surface area contributed by atoms with Gasteiger partial charge in [0.1, 0.15) is 5.71 Å². The molecular formula is C10H10F3LiN2. The average Bonchev–Trinajstić information content (AvgIpc) is 2.67. The van der Waals surface area contributed by atoms with Gasteiger partial charge in [0.2, 0.25) is 0 Å². The second kappa shape index (κ2) is 4.94. The molecular weight excluding hydrogens is 212 g/mol. The van der Waals surface area contributed by atoms with Crippen LogP contribution in [-0.2, 0) is 0 Å². The summed E-state index contributed by atoms with van der Waals surface area (Å²) in [6.45, 7) is 0. The Labute approximate surface area is 105 Å². The number of rotatable bonds is 1. The van der Waals surface area contributed by atoms with Crippen LogP contribution in [0.25, 0.3) is 0 Å². The maximum absolute atomic E-state index is 12.3. The minimum absolute atomic E-state index is 0. The largest absolute Gasteiger partial charge is 1.00 e. The van der Waals surface area contributed by atoms with Gasteiger partial charge in [-0.1, -0.05) is 30.3 Å². The van der Waals surface area contributed by atoms with Crippen LogP contribution in [0.2, 0.25) is 0 Å². The van der Waals surface area contributed by atoms with E-state index in [9.17, 15) is 13.2 Å². The number of benzene rings is 1.